The molecule has 6 heteroatoms. The third kappa shape index (κ3) is 3.65. The van der Waals surface area contributed by atoms with E-state index in [1.54, 1.807) is 12.4 Å². The molecule has 0 aliphatic carbocycles. The van der Waals surface area contributed by atoms with Crippen molar-refractivity contribution in [1.82, 2.24) is 19.8 Å². The maximum atomic E-state index is 12.9. The Morgan fingerprint density at radius 3 is 2.83 bits per heavy atom. The van der Waals surface area contributed by atoms with Gasteiger partial charge in [-0.05, 0) is 19.1 Å². The van der Waals surface area contributed by atoms with Crippen LogP contribution in [-0.2, 0) is 4.74 Å². The molecule has 1 amide bonds. The van der Waals surface area contributed by atoms with E-state index in [1.165, 1.54) is 0 Å². The Kier molecular flexibility index (Phi) is 5.15. The fourth-order valence-corrected chi connectivity index (χ4v) is 2.83. The molecule has 0 N–H and O–H groups in total. The van der Waals surface area contributed by atoms with Gasteiger partial charge in [-0.1, -0.05) is 6.07 Å². The lowest BCUT2D eigenvalue weighted by Gasteiger charge is -2.29. The molecule has 1 saturated heterocycles. The summed E-state index contributed by atoms with van der Waals surface area (Å²) in [6.45, 7) is 7.70. The lowest BCUT2D eigenvalue weighted by Crippen LogP contribution is -2.43. The van der Waals surface area contributed by atoms with Crippen molar-refractivity contribution in [3.63, 3.8) is 0 Å². The first-order chi connectivity index (χ1) is 11.3. The molecular weight excluding hydrogens is 292 g/mol. The van der Waals surface area contributed by atoms with Crippen molar-refractivity contribution in [3.8, 4) is 0 Å². The zero-order chi connectivity index (χ0) is 16.1. The second-order valence-corrected chi connectivity index (χ2v) is 5.57. The molecule has 0 radical (unpaired) electrons. The van der Waals surface area contributed by atoms with Gasteiger partial charge in [0.2, 0.25) is 0 Å². The molecule has 0 atom stereocenters. The highest BCUT2D eigenvalue weighted by atomic mass is 16.5. The van der Waals surface area contributed by atoms with E-state index in [4.69, 9.17) is 4.74 Å². The highest BCUT2D eigenvalue weighted by molar-refractivity contribution is 6.04. The average Bonchev–Trinajstić information content (AvgIpc) is 2.62. The Hall–Kier alpha value is -2.05. The van der Waals surface area contributed by atoms with Gasteiger partial charge in [-0.3, -0.25) is 19.7 Å². The van der Waals surface area contributed by atoms with Crippen LogP contribution in [0.4, 0.5) is 0 Å². The molecule has 1 aliphatic heterocycles. The highest BCUT2D eigenvalue weighted by Gasteiger charge is 2.19. The number of ether oxygens (including phenoxy) is 1. The molecule has 0 unspecified atom stereocenters. The Labute approximate surface area is 136 Å². The van der Waals surface area contributed by atoms with Crippen LogP contribution in [0.15, 0.2) is 30.6 Å². The number of para-hydroxylation sites is 1. The number of morpholine rings is 1. The first-order valence-electron chi connectivity index (χ1n) is 8.08. The van der Waals surface area contributed by atoms with Crippen LogP contribution in [0.3, 0.4) is 0 Å². The van der Waals surface area contributed by atoms with Crippen LogP contribution in [0.25, 0.3) is 11.0 Å². The molecule has 0 saturated carbocycles. The standard InChI is InChI=1S/C17H22N4O2/c1-2-21(9-8-20-10-12-23-13-11-20)17(22)14-4-3-5-15-16(14)19-7-6-18-15/h3-7H,2,8-13H2,1H3. The summed E-state index contributed by atoms with van der Waals surface area (Å²) < 4.78 is 5.36. The summed E-state index contributed by atoms with van der Waals surface area (Å²) in [5.74, 6) is 0.0202. The fraction of sp³-hybridized carbons (Fsp3) is 0.471. The van der Waals surface area contributed by atoms with Gasteiger partial charge < -0.3 is 9.64 Å². The van der Waals surface area contributed by atoms with E-state index in [-0.39, 0.29) is 5.91 Å². The van der Waals surface area contributed by atoms with Crippen LogP contribution in [-0.4, -0.2) is 71.6 Å². The Bertz CT molecular complexity index is 665. The maximum Gasteiger partial charge on any atom is 0.256 e. The van der Waals surface area contributed by atoms with E-state index in [0.29, 0.717) is 24.2 Å². The average molecular weight is 314 g/mol. The minimum absolute atomic E-state index is 0.0202. The van der Waals surface area contributed by atoms with Gasteiger partial charge in [0.05, 0.1) is 24.3 Å². The molecule has 1 fully saturated rings. The van der Waals surface area contributed by atoms with Crippen molar-refractivity contribution in [2.24, 2.45) is 0 Å². The SMILES string of the molecule is CCN(CCN1CCOCC1)C(=O)c1cccc2nccnc12. The number of hydrogen-bond donors (Lipinski definition) is 0. The number of carbonyl (C=O) groups excluding carboxylic acids is 1. The minimum Gasteiger partial charge on any atom is -0.379 e. The first-order valence-corrected chi connectivity index (χ1v) is 8.08. The smallest absolute Gasteiger partial charge is 0.256 e. The predicted molar refractivity (Wildman–Crippen MR) is 88.4 cm³/mol. The molecule has 0 spiro atoms. The van der Waals surface area contributed by atoms with Gasteiger partial charge in [-0.15, -0.1) is 0 Å². The Morgan fingerprint density at radius 1 is 1.26 bits per heavy atom. The summed E-state index contributed by atoms with van der Waals surface area (Å²) in [6.07, 6.45) is 3.27. The van der Waals surface area contributed by atoms with Gasteiger partial charge in [-0.25, -0.2) is 0 Å². The number of hydrogen-bond acceptors (Lipinski definition) is 5. The van der Waals surface area contributed by atoms with Crippen molar-refractivity contribution in [1.29, 1.82) is 0 Å². The van der Waals surface area contributed by atoms with E-state index in [0.717, 1.165) is 38.4 Å². The summed E-state index contributed by atoms with van der Waals surface area (Å²) in [5.41, 5.74) is 2.05. The summed E-state index contributed by atoms with van der Waals surface area (Å²) in [4.78, 5) is 25.7. The quantitative estimate of drug-likeness (QED) is 0.835. The van der Waals surface area contributed by atoms with Crippen LogP contribution >= 0.6 is 0 Å². The molecule has 1 aromatic heterocycles. The maximum absolute atomic E-state index is 12.9. The van der Waals surface area contributed by atoms with Gasteiger partial charge in [0.15, 0.2) is 0 Å². The van der Waals surface area contributed by atoms with Crippen molar-refractivity contribution >= 4 is 16.9 Å². The zero-order valence-corrected chi connectivity index (χ0v) is 13.4. The summed E-state index contributed by atoms with van der Waals surface area (Å²) in [7, 11) is 0. The lowest BCUT2D eigenvalue weighted by molar-refractivity contribution is 0.0328. The molecule has 23 heavy (non-hydrogen) atoms. The third-order valence-corrected chi connectivity index (χ3v) is 4.19. The Balaban J connectivity index is 1.73. The summed E-state index contributed by atoms with van der Waals surface area (Å²) in [6, 6.07) is 5.57. The number of rotatable bonds is 5. The van der Waals surface area contributed by atoms with Crippen LogP contribution in [0.1, 0.15) is 17.3 Å². The van der Waals surface area contributed by atoms with Crippen molar-refractivity contribution in [2.45, 2.75) is 6.92 Å². The molecule has 1 aliphatic rings. The third-order valence-electron chi connectivity index (χ3n) is 4.19. The summed E-state index contributed by atoms with van der Waals surface area (Å²) in [5, 5.41) is 0. The first kappa shape index (κ1) is 15.8. The molecule has 3 rings (SSSR count). The zero-order valence-electron chi connectivity index (χ0n) is 13.4. The topological polar surface area (TPSA) is 58.6 Å². The van der Waals surface area contributed by atoms with Crippen LogP contribution in [0, 0.1) is 0 Å². The number of carbonyl (C=O) groups is 1. The lowest BCUT2D eigenvalue weighted by atomic mass is 10.1. The van der Waals surface area contributed by atoms with Crippen molar-refractivity contribution < 1.29 is 9.53 Å². The van der Waals surface area contributed by atoms with Crippen LogP contribution in [0.2, 0.25) is 0 Å². The number of nitrogens with zero attached hydrogens (tertiary/aromatic N) is 4. The second-order valence-electron chi connectivity index (χ2n) is 5.57. The van der Waals surface area contributed by atoms with E-state index in [2.05, 4.69) is 14.9 Å². The molecular formula is C17H22N4O2. The second kappa shape index (κ2) is 7.48. The highest BCUT2D eigenvalue weighted by Crippen LogP contribution is 2.16. The van der Waals surface area contributed by atoms with Gasteiger partial charge >= 0.3 is 0 Å². The van der Waals surface area contributed by atoms with Gasteiger partial charge in [0.1, 0.15) is 5.52 Å². The molecule has 2 heterocycles. The fourth-order valence-electron chi connectivity index (χ4n) is 2.83. The monoisotopic (exact) mass is 314 g/mol. The molecule has 2 aromatic rings. The van der Waals surface area contributed by atoms with Gasteiger partial charge in [0.25, 0.3) is 5.91 Å². The van der Waals surface area contributed by atoms with E-state index in [9.17, 15) is 4.79 Å². The number of aromatic nitrogens is 2. The Morgan fingerprint density at radius 2 is 2.04 bits per heavy atom. The molecule has 6 nitrogen and oxygen atoms in total. The van der Waals surface area contributed by atoms with Crippen molar-refractivity contribution in [2.75, 3.05) is 45.9 Å². The summed E-state index contributed by atoms with van der Waals surface area (Å²) >= 11 is 0. The number of benzene rings is 1. The normalized spacial score (nSPS) is 15.7. The molecule has 1 aromatic carbocycles. The van der Waals surface area contributed by atoms with E-state index < -0.39 is 0 Å². The predicted octanol–water partition coefficient (Wildman–Crippen LogP) is 1.42. The van der Waals surface area contributed by atoms with Crippen LogP contribution < -0.4 is 0 Å². The van der Waals surface area contributed by atoms with Gasteiger partial charge in [-0.2, -0.15) is 0 Å². The van der Waals surface area contributed by atoms with Gasteiger partial charge in [0, 0.05) is 45.1 Å². The van der Waals surface area contributed by atoms with Crippen LogP contribution in [0.5, 0.6) is 0 Å². The van der Waals surface area contributed by atoms with E-state index >= 15 is 0 Å². The minimum atomic E-state index is 0.0202. The largest absolute Gasteiger partial charge is 0.379 e. The van der Waals surface area contributed by atoms with E-state index in [1.807, 2.05) is 30.0 Å². The molecule has 0 bridgehead atoms. The number of amides is 1. The molecule has 122 valence electrons. The number of likely N-dealkylation sites (N-methyl/N-ethyl adjacent to an activating group) is 1. The van der Waals surface area contributed by atoms with Crippen molar-refractivity contribution in [3.05, 3.63) is 36.2 Å². The number of fused-ring (bicyclic) bond motifs is 1.